The minimum Gasteiger partial charge on any atom is -0.449 e. The number of ether oxygens (including phenoxy) is 1. The van der Waals surface area contributed by atoms with Crippen molar-refractivity contribution in [2.24, 2.45) is 5.73 Å². The number of carbonyl (C=O) groups is 2. The number of aryl methyl sites for hydroxylation is 2. The average molecular weight is 341 g/mol. The highest BCUT2D eigenvalue weighted by Gasteiger charge is 2.13. The maximum atomic E-state index is 11.7. The summed E-state index contributed by atoms with van der Waals surface area (Å²) in [5, 5.41) is 4.53. The van der Waals surface area contributed by atoms with Crippen molar-refractivity contribution in [3.05, 3.63) is 58.4 Å². The summed E-state index contributed by atoms with van der Waals surface area (Å²) in [7, 11) is 0. The molecule has 0 saturated heterocycles. The Morgan fingerprint density at radius 1 is 1.24 bits per heavy atom. The van der Waals surface area contributed by atoms with Crippen molar-refractivity contribution in [2.45, 2.75) is 40.3 Å². The van der Waals surface area contributed by atoms with Crippen molar-refractivity contribution in [3.63, 3.8) is 0 Å². The number of benzene rings is 1. The summed E-state index contributed by atoms with van der Waals surface area (Å²) in [6.07, 6.45) is 1.98. The summed E-state index contributed by atoms with van der Waals surface area (Å²) in [5.74, 6) is -1.29. The van der Waals surface area contributed by atoms with Gasteiger partial charge >= 0.3 is 5.97 Å². The standard InChI is InChI=1S/C19H23N3O3/c1-12-5-7-16(8-6-12)11-22-14(3)17(13(2)21-22)9-10-18(23)25-15(4)19(20)24/h5-10,15H,11H2,1-4H3,(H2,20,24)/b10-9+. The Morgan fingerprint density at radius 3 is 2.48 bits per heavy atom. The zero-order valence-corrected chi connectivity index (χ0v) is 14.9. The summed E-state index contributed by atoms with van der Waals surface area (Å²) in [5.41, 5.74) is 10.1. The van der Waals surface area contributed by atoms with Crippen LogP contribution in [0.4, 0.5) is 0 Å². The highest BCUT2D eigenvalue weighted by atomic mass is 16.5. The van der Waals surface area contributed by atoms with Gasteiger partial charge in [0.05, 0.1) is 12.2 Å². The molecule has 1 amide bonds. The van der Waals surface area contributed by atoms with Crippen LogP contribution in [0.1, 0.15) is 35.0 Å². The molecule has 0 radical (unpaired) electrons. The van der Waals surface area contributed by atoms with Crippen molar-refractivity contribution in [1.29, 1.82) is 0 Å². The highest BCUT2D eigenvalue weighted by Crippen LogP contribution is 2.17. The van der Waals surface area contributed by atoms with E-state index in [-0.39, 0.29) is 0 Å². The fourth-order valence-corrected chi connectivity index (χ4v) is 2.40. The van der Waals surface area contributed by atoms with E-state index in [4.69, 9.17) is 10.5 Å². The second-order valence-corrected chi connectivity index (χ2v) is 6.04. The van der Waals surface area contributed by atoms with Crippen LogP contribution in [0, 0.1) is 20.8 Å². The Bertz CT molecular complexity index is 804. The van der Waals surface area contributed by atoms with Crippen LogP contribution in [-0.4, -0.2) is 27.8 Å². The van der Waals surface area contributed by atoms with Gasteiger partial charge in [0.25, 0.3) is 5.91 Å². The molecule has 0 aliphatic heterocycles. The number of nitrogens with zero attached hydrogens (tertiary/aromatic N) is 2. The van der Waals surface area contributed by atoms with Crippen molar-refractivity contribution < 1.29 is 14.3 Å². The predicted octanol–water partition coefficient (Wildman–Crippen LogP) is 2.29. The van der Waals surface area contributed by atoms with Gasteiger partial charge in [0, 0.05) is 17.3 Å². The molecule has 1 unspecified atom stereocenters. The molecule has 0 bridgehead atoms. The summed E-state index contributed by atoms with van der Waals surface area (Å²) in [4.78, 5) is 22.7. The van der Waals surface area contributed by atoms with E-state index in [1.807, 2.05) is 25.5 Å². The molecule has 2 aromatic rings. The van der Waals surface area contributed by atoms with Crippen LogP contribution >= 0.6 is 0 Å². The maximum Gasteiger partial charge on any atom is 0.331 e. The third-order valence-electron chi connectivity index (χ3n) is 3.97. The number of carbonyl (C=O) groups excluding carboxylic acids is 2. The molecule has 0 aliphatic carbocycles. The van der Waals surface area contributed by atoms with E-state index in [0.717, 1.165) is 22.5 Å². The van der Waals surface area contributed by atoms with Crippen LogP contribution in [0.15, 0.2) is 30.3 Å². The normalized spacial score (nSPS) is 12.3. The van der Waals surface area contributed by atoms with Gasteiger partial charge in [-0.25, -0.2) is 4.79 Å². The SMILES string of the molecule is Cc1ccc(Cn2nc(C)c(/C=C/C(=O)OC(C)C(N)=O)c2C)cc1. The van der Waals surface area contributed by atoms with Crippen molar-refractivity contribution >= 4 is 18.0 Å². The third kappa shape index (κ3) is 4.79. The molecule has 1 atom stereocenters. The summed E-state index contributed by atoms with van der Waals surface area (Å²) in [6.45, 7) is 7.98. The fraction of sp³-hybridized carbons (Fsp3) is 0.316. The first-order chi connectivity index (χ1) is 11.8. The third-order valence-corrected chi connectivity index (χ3v) is 3.97. The van der Waals surface area contributed by atoms with Gasteiger partial charge in [0.15, 0.2) is 6.10 Å². The van der Waals surface area contributed by atoms with E-state index < -0.39 is 18.0 Å². The molecule has 6 heteroatoms. The van der Waals surface area contributed by atoms with Gasteiger partial charge in [-0.3, -0.25) is 9.48 Å². The number of hydrogen-bond donors (Lipinski definition) is 1. The zero-order chi connectivity index (χ0) is 18.6. The number of amides is 1. The number of nitrogens with two attached hydrogens (primary N) is 1. The van der Waals surface area contributed by atoms with Gasteiger partial charge in [-0.1, -0.05) is 29.8 Å². The molecule has 0 saturated carbocycles. The van der Waals surface area contributed by atoms with Gasteiger partial charge in [0.2, 0.25) is 0 Å². The Morgan fingerprint density at radius 2 is 1.88 bits per heavy atom. The highest BCUT2D eigenvalue weighted by molar-refractivity contribution is 5.90. The van der Waals surface area contributed by atoms with E-state index in [0.29, 0.717) is 6.54 Å². The first kappa shape index (κ1) is 18.4. The van der Waals surface area contributed by atoms with Gasteiger partial charge in [-0.15, -0.1) is 0 Å². The minimum atomic E-state index is -0.955. The molecule has 0 fully saturated rings. The summed E-state index contributed by atoms with van der Waals surface area (Å²) in [6, 6.07) is 8.28. The number of rotatable bonds is 6. The summed E-state index contributed by atoms with van der Waals surface area (Å²) < 4.78 is 6.80. The van der Waals surface area contributed by atoms with Gasteiger partial charge < -0.3 is 10.5 Å². The smallest absolute Gasteiger partial charge is 0.331 e. The Hall–Kier alpha value is -2.89. The number of hydrogen-bond acceptors (Lipinski definition) is 4. The molecule has 6 nitrogen and oxygen atoms in total. The van der Waals surface area contributed by atoms with E-state index in [1.165, 1.54) is 18.6 Å². The van der Waals surface area contributed by atoms with Crippen molar-refractivity contribution in [3.8, 4) is 0 Å². The lowest BCUT2D eigenvalue weighted by Crippen LogP contribution is -2.29. The maximum absolute atomic E-state index is 11.7. The number of esters is 1. The minimum absolute atomic E-state index is 0.614. The van der Waals surface area contributed by atoms with Crippen LogP contribution in [0.25, 0.3) is 6.08 Å². The van der Waals surface area contributed by atoms with E-state index >= 15 is 0 Å². The van der Waals surface area contributed by atoms with Crippen LogP contribution in [0.3, 0.4) is 0 Å². The molecular formula is C19H23N3O3. The van der Waals surface area contributed by atoms with Crippen LogP contribution in [0.2, 0.25) is 0 Å². The predicted molar refractivity (Wildman–Crippen MR) is 95.8 cm³/mol. The fourth-order valence-electron chi connectivity index (χ4n) is 2.40. The molecule has 2 rings (SSSR count). The van der Waals surface area contributed by atoms with E-state index in [1.54, 1.807) is 6.08 Å². The van der Waals surface area contributed by atoms with Gasteiger partial charge in [0.1, 0.15) is 0 Å². The molecule has 25 heavy (non-hydrogen) atoms. The quantitative estimate of drug-likeness (QED) is 0.645. The van der Waals surface area contributed by atoms with E-state index in [2.05, 4.69) is 29.4 Å². The largest absolute Gasteiger partial charge is 0.449 e. The second kappa shape index (κ2) is 7.79. The first-order valence-corrected chi connectivity index (χ1v) is 8.05. The van der Waals surface area contributed by atoms with Gasteiger partial charge in [-0.2, -0.15) is 5.10 Å². The van der Waals surface area contributed by atoms with Crippen molar-refractivity contribution in [1.82, 2.24) is 9.78 Å². The van der Waals surface area contributed by atoms with Crippen molar-refractivity contribution in [2.75, 3.05) is 0 Å². The molecule has 0 spiro atoms. The Balaban J connectivity index is 2.13. The van der Waals surface area contributed by atoms with Crippen LogP contribution in [-0.2, 0) is 20.9 Å². The average Bonchev–Trinajstić information content (AvgIpc) is 2.81. The Labute approximate surface area is 147 Å². The zero-order valence-electron chi connectivity index (χ0n) is 14.9. The second-order valence-electron chi connectivity index (χ2n) is 6.04. The molecule has 1 heterocycles. The molecule has 2 N–H and O–H groups in total. The lowest BCUT2D eigenvalue weighted by atomic mass is 10.1. The van der Waals surface area contributed by atoms with E-state index in [9.17, 15) is 9.59 Å². The first-order valence-electron chi connectivity index (χ1n) is 8.05. The molecule has 1 aromatic carbocycles. The van der Waals surface area contributed by atoms with Crippen LogP contribution < -0.4 is 5.73 Å². The monoisotopic (exact) mass is 341 g/mol. The van der Waals surface area contributed by atoms with Gasteiger partial charge in [-0.05, 0) is 39.3 Å². The lowest BCUT2D eigenvalue weighted by molar-refractivity contribution is -0.148. The van der Waals surface area contributed by atoms with Crippen LogP contribution in [0.5, 0.6) is 0 Å². The molecular weight excluding hydrogens is 318 g/mol. The molecule has 132 valence electrons. The molecule has 0 aliphatic rings. The number of primary amides is 1. The molecule has 1 aromatic heterocycles. The Kier molecular flexibility index (Phi) is 5.75. The topological polar surface area (TPSA) is 87.2 Å². The summed E-state index contributed by atoms with van der Waals surface area (Å²) >= 11 is 0. The lowest BCUT2D eigenvalue weighted by Gasteiger charge is -2.07. The number of aromatic nitrogens is 2.